The van der Waals surface area contributed by atoms with Crippen molar-refractivity contribution in [1.29, 1.82) is 0 Å². The van der Waals surface area contributed by atoms with Gasteiger partial charge in [0.05, 0.1) is 12.0 Å². The normalized spacial score (nSPS) is 10.3. The Morgan fingerprint density at radius 2 is 2.15 bits per heavy atom. The third-order valence-electron chi connectivity index (χ3n) is 2.02. The molecule has 0 N–H and O–H groups in total. The third kappa shape index (κ3) is 1.61. The van der Waals surface area contributed by atoms with Crippen LogP contribution in [0.3, 0.4) is 0 Å². The van der Waals surface area contributed by atoms with E-state index >= 15 is 0 Å². The minimum absolute atomic E-state index is 1.03. The van der Waals surface area contributed by atoms with Gasteiger partial charge in [-0.05, 0) is 13.0 Å². The summed E-state index contributed by atoms with van der Waals surface area (Å²) < 4.78 is 1.96. The summed E-state index contributed by atoms with van der Waals surface area (Å²) in [5.41, 5.74) is 3.48. The van der Waals surface area contributed by atoms with E-state index in [1.165, 1.54) is 11.1 Å². The van der Waals surface area contributed by atoms with Crippen LogP contribution in [-0.2, 0) is 7.05 Å². The monoisotopic (exact) mass is 172 g/mol. The Kier molecular flexibility index (Phi) is 1.89. The fraction of sp³-hybridized carbons (Fsp3) is 0.182. The number of aryl methyl sites for hydroxylation is 2. The Labute approximate surface area is 77.9 Å². The summed E-state index contributed by atoms with van der Waals surface area (Å²) in [5.74, 6) is 0. The highest BCUT2D eigenvalue weighted by Gasteiger charge is 1.99. The Balaban J connectivity index is 2.46. The molecule has 0 radical (unpaired) electrons. The highest BCUT2D eigenvalue weighted by atomic mass is 15.0. The van der Waals surface area contributed by atoms with Crippen LogP contribution in [0.4, 0.5) is 0 Å². The lowest BCUT2D eigenvalue weighted by molar-refractivity contribution is 0.913. The molecule has 1 aromatic carbocycles. The molecule has 2 heteroatoms. The topological polar surface area (TPSA) is 17.8 Å². The first kappa shape index (κ1) is 8.05. The molecule has 0 saturated carbocycles. The van der Waals surface area contributed by atoms with Crippen LogP contribution in [0.15, 0.2) is 36.8 Å². The number of hydrogen-bond acceptors (Lipinski definition) is 1. The molecule has 0 bridgehead atoms. The van der Waals surface area contributed by atoms with Crippen molar-refractivity contribution < 1.29 is 0 Å². The molecule has 0 aliphatic carbocycles. The van der Waals surface area contributed by atoms with Gasteiger partial charge in [-0.1, -0.05) is 23.8 Å². The predicted octanol–water partition coefficient (Wildman–Crippen LogP) is 2.40. The lowest BCUT2D eigenvalue weighted by Crippen LogP contribution is -1.79. The van der Waals surface area contributed by atoms with E-state index in [0.717, 1.165) is 5.69 Å². The molecule has 0 spiro atoms. The van der Waals surface area contributed by atoms with Crippen LogP contribution < -0.4 is 0 Å². The zero-order valence-corrected chi connectivity index (χ0v) is 7.86. The van der Waals surface area contributed by atoms with Gasteiger partial charge in [0.2, 0.25) is 0 Å². The Bertz CT molecular complexity index is 416. The summed E-state index contributed by atoms with van der Waals surface area (Å²) in [6.45, 7) is 2.09. The predicted molar refractivity (Wildman–Crippen MR) is 53.4 cm³/mol. The van der Waals surface area contributed by atoms with Crippen molar-refractivity contribution in [3.63, 3.8) is 0 Å². The number of aromatic nitrogens is 2. The summed E-state index contributed by atoms with van der Waals surface area (Å²) in [6.07, 6.45) is 3.84. The van der Waals surface area contributed by atoms with E-state index in [1.807, 2.05) is 24.1 Å². The van der Waals surface area contributed by atoms with Crippen molar-refractivity contribution in [2.24, 2.45) is 7.05 Å². The standard InChI is InChI=1S/C11H12N2/c1-9-4-3-5-10(6-9)11-7-13(2)8-12-11/h3-8H,1-2H3. The highest BCUT2D eigenvalue weighted by molar-refractivity contribution is 5.58. The van der Waals surface area contributed by atoms with E-state index in [9.17, 15) is 0 Å². The molecule has 0 aliphatic heterocycles. The second-order valence-electron chi connectivity index (χ2n) is 3.29. The number of rotatable bonds is 1. The number of nitrogens with zero attached hydrogens (tertiary/aromatic N) is 2. The maximum Gasteiger partial charge on any atom is 0.0951 e. The van der Waals surface area contributed by atoms with Crippen LogP contribution in [0.5, 0.6) is 0 Å². The van der Waals surface area contributed by atoms with Crippen LogP contribution in [0.1, 0.15) is 5.56 Å². The van der Waals surface area contributed by atoms with Gasteiger partial charge in [0.1, 0.15) is 0 Å². The van der Waals surface area contributed by atoms with E-state index < -0.39 is 0 Å². The van der Waals surface area contributed by atoms with E-state index in [1.54, 1.807) is 0 Å². The quantitative estimate of drug-likeness (QED) is 0.645. The second kappa shape index (κ2) is 3.05. The number of hydrogen-bond donors (Lipinski definition) is 0. The van der Waals surface area contributed by atoms with Gasteiger partial charge >= 0.3 is 0 Å². The Morgan fingerprint density at radius 3 is 2.77 bits per heavy atom. The maximum atomic E-state index is 4.29. The van der Waals surface area contributed by atoms with Gasteiger partial charge in [0, 0.05) is 18.8 Å². The van der Waals surface area contributed by atoms with Gasteiger partial charge in [0.25, 0.3) is 0 Å². The number of benzene rings is 1. The van der Waals surface area contributed by atoms with Gasteiger partial charge in [-0.25, -0.2) is 4.98 Å². The fourth-order valence-corrected chi connectivity index (χ4v) is 1.37. The average molecular weight is 172 g/mol. The van der Waals surface area contributed by atoms with E-state index in [4.69, 9.17) is 0 Å². The minimum Gasteiger partial charge on any atom is -0.340 e. The van der Waals surface area contributed by atoms with Crippen molar-refractivity contribution in [3.8, 4) is 11.3 Å². The molecular weight excluding hydrogens is 160 g/mol. The van der Waals surface area contributed by atoms with Gasteiger partial charge in [-0.15, -0.1) is 0 Å². The average Bonchev–Trinajstić information content (AvgIpc) is 2.52. The van der Waals surface area contributed by atoms with Crippen molar-refractivity contribution in [1.82, 2.24) is 9.55 Å². The fourth-order valence-electron chi connectivity index (χ4n) is 1.37. The van der Waals surface area contributed by atoms with Crippen LogP contribution in [0.25, 0.3) is 11.3 Å². The summed E-state index contributed by atoms with van der Waals surface area (Å²) in [5, 5.41) is 0. The second-order valence-corrected chi connectivity index (χ2v) is 3.29. The van der Waals surface area contributed by atoms with Gasteiger partial charge in [-0.3, -0.25) is 0 Å². The van der Waals surface area contributed by atoms with E-state index in [0.29, 0.717) is 0 Å². The third-order valence-corrected chi connectivity index (χ3v) is 2.02. The molecule has 1 heterocycles. The molecule has 2 nitrogen and oxygen atoms in total. The van der Waals surface area contributed by atoms with Gasteiger partial charge in [0.15, 0.2) is 0 Å². The first-order valence-electron chi connectivity index (χ1n) is 4.31. The van der Waals surface area contributed by atoms with E-state index in [2.05, 4.69) is 36.2 Å². The van der Waals surface area contributed by atoms with Crippen LogP contribution >= 0.6 is 0 Å². The van der Waals surface area contributed by atoms with Crippen LogP contribution in [-0.4, -0.2) is 9.55 Å². The first-order chi connectivity index (χ1) is 6.25. The van der Waals surface area contributed by atoms with Crippen LogP contribution in [0, 0.1) is 6.92 Å². The zero-order valence-electron chi connectivity index (χ0n) is 7.86. The van der Waals surface area contributed by atoms with Crippen LogP contribution in [0.2, 0.25) is 0 Å². The summed E-state index contributed by atoms with van der Waals surface area (Å²) in [6, 6.07) is 8.36. The summed E-state index contributed by atoms with van der Waals surface area (Å²) in [7, 11) is 1.98. The number of imidazole rings is 1. The van der Waals surface area contributed by atoms with Crippen molar-refractivity contribution in [2.75, 3.05) is 0 Å². The molecule has 0 aliphatic rings. The lowest BCUT2D eigenvalue weighted by atomic mass is 10.1. The summed E-state index contributed by atoms with van der Waals surface area (Å²) in [4.78, 5) is 4.29. The molecule has 0 fully saturated rings. The molecular formula is C11H12N2. The molecule has 66 valence electrons. The smallest absolute Gasteiger partial charge is 0.0951 e. The van der Waals surface area contributed by atoms with E-state index in [-0.39, 0.29) is 0 Å². The van der Waals surface area contributed by atoms with Gasteiger partial charge < -0.3 is 4.57 Å². The SMILES string of the molecule is Cc1cccc(-c2cn(C)cn2)c1. The Hall–Kier alpha value is -1.57. The summed E-state index contributed by atoms with van der Waals surface area (Å²) >= 11 is 0. The molecule has 1 aromatic heterocycles. The minimum atomic E-state index is 1.03. The molecule has 2 aromatic rings. The van der Waals surface area contributed by atoms with Gasteiger partial charge in [-0.2, -0.15) is 0 Å². The largest absolute Gasteiger partial charge is 0.340 e. The van der Waals surface area contributed by atoms with Crippen molar-refractivity contribution >= 4 is 0 Å². The highest BCUT2D eigenvalue weighted by Crippen LogP contribution is 2.17. The lowest BCUT2D eigenvalue weighted by Gasteiger charge is -1.97. The van der Waals surface area contributed by atoms with Crippen molar-refractivity contribution in [3.05, 3.63) is 42.4 Å². The molecule has 0 saturated heterocycles. The molecule has 13 heavy (non-hydrogen) atoms. The molecule has 0 unspecified atom stereocenters. The Morgan fingerprint density at radius 1 is 1.31 bits per heavy atom. The molecule has 0 amide bonds. The maximum absolute atomic E-state index is 4.29. The zero-order chi connectivity index (χ0) is 9.26. The molecule has 0 atom stereocenters. The van der Waals surface area contributed by atoms with Crippen molar-refractivity contribution in [2.45, 2.75) is 6.92 Å². The first-order valence-corrected chi connectivity index (χ1v) is 4.31. The molecule has 2 rings (SSSR count).